The molecule has 3 heteroatoms. The summed E-state index contributed by atoms with van der Waals surface area (Å²) in [6.07, 6.45) is 0.990. The molecule has 0 amide bonds. The standard InChI is InChI=1S/C14H21N3/c1-4-11(15)9-17-13-8-6-5-7-12(13)16-14(17)10(2)3/h5-8,10-11H,4,9,15H2,1-3H3. The summed E-state index contributed by atoms with van der Waals surface area (Å²) in [4.78, 5) is 4.71. The Bertz CT molecular complexity index is 499. The van der Waals surface area contributed by atoms with Crippen LogP contribution in [0.5, 0.6) is 0 Å². The van der Waals surface area contributed by atoms with Gasteiger partial charge in [0.15, 0.2) is 0 Å². The van der Waals surface area contributed by atoms with Crippen LogP contribution in [0.25, 0.3) is 11.0 Å². The highest BCUT2D eigenvalue weighted by molar-refractivity contribution is 5.76. The summed E-state index contributed by atoms with van der Waals surface area (Å²) in [5, 5.41) is 0. The molecule has 0 saturated heterocycles. The molecule has 0 fully saturated rings. The van der Waals surface area contributed by atoms with Crippen molar-refractivity contribution in [2.45, 2.75) is 45.7 Å². The molecule has 0 aliphatic heterocycles. The molecule has 0 bridgehead atoms. The summed E-state index contributed by atoms with van der Waals surface area (Å²) >= 11 is 0. The number of imidazole rings is 1. The highest BCUT2D eigenvalue weighted by atomic mass is 15.1. The van der Waals surface area contributed by atoms with Crippen LogP contribution in [0, 0.1) is 0 Å². The lowest BCUT2D eigenvalue weighted by Crippen LogP contribution is -2.26. The summed E-state index contributed by atoms with van der Waals surface area (Å²) < 4.78 is 2.27. The number of fused-ring (bicyclic) bond motifs is 1. The summed E-state index contributed by atoms with van der Waals surface area (Å²) in [7, 11) is 0. The lowest BCUT2D eigenvalue weighted by Gasteiger charge is -2.15. The number of aromatic nitrogens is 2. The van der Waals surface area contributed by atoms with Gasteiger partial charge in [0.05, 0.1) is 11.0 Å². The van der Waals surface area contributed by atoms with Gasteiger partial charge in [0.1, 0.15) is 5.82 Å². The van der Waals surface area contributed by atoms with Crippen molar-refractivity contribution >= 4 is 11.0 Å². The molecular weight excluding hydrogens is 210 g/mol. The number of benzene rings is 1. The average Bonchev–Trinajstić information content (AvgIpc) is 2.68. The molecule has 0 radical (unpaired) electrons. The molecule has 1 heterocycles. The summed E-state index contributed by atoms with van der Waals surface area (Å²) in [5.74, 6) is 1.56. The topological polar surface area (TPSA) is 43.8 Å². The first-order valence-corrected chi connectivity index (χ1v) is 6.34. The van der Waals surface area contributed by atoms with Crippen LogP contribution in [0.15, 0.2) is 24.3 Å². The van der Waals surface area contributed by atoms with Crippen molar-refractivity contribution in [1.29, 1.82) is 0 Å². The van der Waals surface area contributed by atoms with Crippen molar-refractivity contribution in [3.05, 3.63) is 30.1 Å². The first kappa shape index (κ1) is 12.1. The van der Waals surface area contributed by atoms with Gasteiger partial charge in [0.25, 0.3) is 0 Å². The van der Waals surface area contributed by atoms with Gasteiger partial charge in [-0.15, -0.1) is 0 Å². The fourth-order valence-electron chi connectivity index (χ4n) is 2.09. The lowest BCUT2D eigenvalue weighted by molar-refractivity contribution is 0.523. The smallest absolute Gasteiger partial charge is 0.112 e. The Hall–Kier alpha value is -1.35. The molecule has 1 unspecified atom stereocenters. The quantitative estimate of drug-likeness (QED) is 0.879. The molecule has 0 spiro atoms. The third-order valence-electron chi connectivity index (χ3n) is 3.14. The SMILES string of the molecule is CCC(N)Cn1c(C(C)C)nc2ccccc21. The monoisotopic (exact) mass is 231 g/mol. The summed E-state index contributed by atoms with van der Waals surface area (Å²) in [6.45, 7) is 7.33. The van der Waals surface area contributed by atoms with Crippen molar-refractivity contribution in [2.75, 3.05) is 0 Å². The van der Waals surface area contributed by atoms with E-state index in [1.54, 1.807) is 0 Å². The van der Waals surface area contributed by atoms with Gasteiger partial charge in [-0.1, -0.05) is 32.9 Å². The molecule has 3 nitrogen and oxygen atoms in total. The van der Waals surface area contributed by atoms with E-state index >= 15 is 0 Å². The van der Waals surface area contributed by atoms with E-state index in [1.165, 1.54) is 5.52 Å². The van der Waals surface area contributed by atoms with E-state index < -0.39 is 0 Å². The maximum Gasteiger partial charge on any atom is 0.112 e. The minimum absolute atomic E-state index is 0.199. The van der Waals surface area contributed by atoms with E-state index in [9.17, 15) is 0 Å². The Morgan fingerprint density at radius 3 is 2.65 bits per heavy atom. The highest BCUT2D eigenvalue weighted by Gasteiger charge is 2.14. The fourth-order valence-corrected chi connectivity index (χ4v) is 2.09. The summed E-state index contributed by atoms with van der Waals surface area (Å²) in [5.41, 5.74) is 8.34. The van der Waals surface area contributed by atoms with Crippen LogP contribution in [-0.2, 0) is 6.54 Å². The number of nitrogens with two attached hydrogens (primary N) is 1. The Kier molecular flexibility index (Phi) is 3.48. The average molecular weight is 231 g/mol. The zero-order valence-electron chi connectivity index (χ0n) is 10.9. The normalized spacial score (nSPS) is 13.5. The molecule has 17 heavy (non-hydrogen) atoms. The first-order chi connectivity index (χ1) is 8.13. The number of nitrogens with zero attached hydrogens (tertiary/aromatic N) is 2. The largest absolute Gasteiger partial charge is 0.326 e. The Morgan fingerprint density at radius 1 is 1.29 bits per heavy atom. The van der Waals surface area contributed by atoms with Gasteiger partial charge in [-0.05, 0) is 18.6 Å². The van der Waals surface area contributed by atoms with Crippen LogP contribution >= 0.6 is 0 Å². The van der Waals surface area contributed by atoms with Crippen LogP contribution < -0.4 is 5.73 Å². The predicted octanol–water partition coefficient (Wildman–Crippen LogP) is 2.90. The highest BCUT2D eigenvalue weighted by Crippen LogP contribution is 2.22. The zero-order chi connectivity index (χ0) is 12.4. The Labute approximate surface area is 103 Å². The Morgan fingerprint density at radius 2 is 2.00 bits per heavy atom. The minimum Gasteiger partial charge on any atom is -0.326 e. The van der Waals surface area contributed by atoms with Crippen LogP contribution in [0.2, 0.25) is 0 Å². The van der Waals surface area contributed by atoms with Crippen LogP contribution in [0.4, 0.5) is 0 Å². The molecule has 0 saturated carbocycles. The lowest BCUT2D eigenvalue weighted by atomic mass is 10.2. The van der Waals surface area contributed by atoms with E-state index in [2.05, 4.69) is 43.5 Å². The van der Waals surface area contributed by atoms with Gasteiger partial charge in [-0.25, -0.2) is 4.98 Å². The van der Waals surface area contributed by atoms with Crippen LogP contribution in [0.1, 0.15) is 38.9 Å². The minimum atomic E-state index is 0.199. The number of rotatable bonds is 4. The Balaban J connectivity index is 2.52. The second-order valence-electron chi connectivity index (χ2n) is 4.89. The molecule has 1 atom stereocenters. The molecule has 2 N–H and O–H groups in total. The van der Waals surface area contributed by atoms with E-state index in [0.29, 0.717) is 5.92 Å². The number of hydrogen-bond donors (Lipinski definition) is 1. The van der Waals surface area contributed by atoms with Gasteiger partial charge in [0, 0.05) is 18.5 Å². The molecule has 0 aliphatic carbocycles. The van der Waals surface area contributed by atoms with Gasteiger partial charge >= 0.3 is 0 Å². The fraction of sp³-hybridized carbons (Fsp3) is 0.500. The van der Waals surface area contributed by atoms with E-state index in [0.717, 1.165) is 24.3 Å². The molecule has 1 aromatic carbocycles. The van der Waals surface area contributed by atoms with Gasteiger partial charge in [-0.3, -0.25) is 0 Å². The third kappa shape index (κ3) is 2.34. The molecular formula is C14H21N3. The predicted molar refractivity (Wildman–Crippen MR) is 72.1 cm³/mol. The molecule has 92 valence electrons. The zero-order valence-corrected chi connectivity index (χ0v) is 10.9. The van der Waals surface area contributed by atoms with E-state index in [4.69, 9.17) is 10.7 Å². The maximum atomic E-state index is 6.08. The number of hydrogen-bond acceptors (Lipinski definition) is 2. The van der Waals surface area contributed by atoms with Crippen molar-refractivity contribution in [2.24, 2.45) is 5.73 Å². The maximum absolute atomic E-state index is 6.08. The van der Waals surface area contributed by atoms with Crippen molar-refractivity contribution in [3.63, 3.8) is 0 Å². The van der Waals surface area contributed by atoms with Crippen molar-refractivity contribution < 1.29 is 0 Å². The van der Waals surface area contributed by atoms with Crippen LogP contribution in [-0.4, -0.2) is 15.6 Å². The molecule has 0 aliphatic rings. The van der Waals surface area contributed by atoms with Gasteiger partial charge < -0.3 is 10.3 Å². The molecule has 2 rings (SSSR count). The third-order valence-corrected chi connectivity index (χ3v) is 3.14. The molecule has 1 aromatic heterocycles. The second kappa shape index (κ2) is 4.88. The van der Waals surface area contributed by atoms with Gasteiger partial charge in [0.2, 0.25) is 0 Å². The van der Waals surface area contributed by atoms with Gasteiger partial charge in [-0.2, -0.15) is 0 Å². The van der Waals surface area contributed by atoms with E-state index in [1.807, 2.05) is 6.07 Å². The second-order valence-corrected chi connectivity index (χ2v) is 4.89. The van der Waals surface area contributed by atoms with Crippen LogP contribution in [0.3, 0.4) is 0 Å². The van der Waals surface area contributed by atoms with Crippen molar-refractivity contribution in [3.8, 4) is 0 Å². The van der Waals surface area contributed by atoms with Crippen molar-refractivity contribution in [1.82, 2.24) is 9.55 Å². The first-order valence-electron chi connectivity index (χ1n) is 6.34. The summed E-state index contributed by atoms with van der Waals surface area (Å²) in [6, 6.07) is 8.47. The molecule has 2 aromatic rings. The van der Waals surface area contributed by atoms with E-state index in [-0.39, 0.29) is 6.04 Å². The number of para-hydroxylation sites is 2.